The van der Waals surface area contributed by atoms with E-state index in [1.54, 1.807) is 0 Å². The molecule has 1 fully saturated rings. The minimum Gasteiger partial charge on any atom is -0.366 e. The standard InChI is InChI=1S/C14H19FN2OS/c1-19-12-4-3-11(7-12)17-8-10-6-9(14(16)18)2-5-13(10)15/h2,5-6,11-12,17H,3-4,7-8H2,1H3,(H2,16,18). The lowest BCUT2D eigenvalue weighted by Gasteiger charge is -2.13. The third-order valence-corrected chi connectivity index (χ3v) is 4.72. The second-order valence-electron chi connectivity index (χ2n) is 4.92. The number of hydrogen-bond acceptors (Lipinski definition) is 3. The molecule has 1 saturated carbocycles. The van der Waals surface area contributed by atoms with Gasteiger partial charge in [0.2, 0.25) is 5.91 Å². The molecule has 1 aromatic rings. The predicted molar refractivity (Wildman–Crippen MR) is 76.7 cm³/mol. The first-order valence-corrected chi connectivity index (χ1v) is 7.73. The lowest BCUT2D eigenvalue weighted by Crippen LogP contribution is -2.26. The first kappa shape index (κ1) is 14.3. The van der Waals surface area contributed by atoms with Gasteiger partial charge in [0.25, 0.3) is 0 Å². The van der Waals surface area contributed by atoms with Gasteiger partial charge in [0.1, 0.15) is 5.82 Å². The first-order chi connectivity index (χ1) is 9.10. The van der Waals surface area contributed by atoms with Crippen LogP contribution in [0.15, 0.2) is 18.2 Å². The number of rotatable bonds is 5. The molecule has 0 radical (unpaired) electrons. The van der Waals surface area contributed by atoms with E-state index in [2.05, 4.69) is 11.6 Å². The molecule has 0 aliphatic heterocycles. The molecule has 3 nitrogen and oxygen atoms in total. The van der Waals surface area contributed by atoms with E-state index < -0.39 is 5.91 Å². The Morgan fingerprint density at radius 1 is 1.53 bits per heavy atom. The fourth-order valence-corrected chi connectivity index (χ4v) is 3.25. The van der Waals surface area contributed by atoms with Gasteiger partial charge in [-0.1, -0.05) is 0 Å². The van der Waals surface area contributed by atoms with Crippen molar-refractivity contribution >= 4 is 17.7 Å². The van der Waals surface area contributed by atoms with Crippen LogP contribution in [-0.2, 0) is 6.54 Å². The average Bonchev–Trinajstić information content (AvgIpc) is 2.85. The maximum atomic E-state index is 13.7. The molecular formula is C14H19FN2OS. The summed E-state index contributed by atoms with van der Waals surface area (Å²) in [7, 11) is 0. The summed E-state index contributed by atoms with van der Waals surface area (Å²) in [4.78, 5) is 11.1. The smallest absolute Gasteiger partial charge is 0.248 e. The summed E-state index contributed by atoms with van der Waals surface area (Å²) in [5.41, 5.74) is 6.06. The second kappa shape index (κ2) is 6.39. The Labute approximate surface area is 117 Å². The van der Waals surface area contributed by atoms with Crippen LogP contribution in [0, 0.1) is 5.82 Å². The zero-order valence-corrected chi connectivity index (χ0v) is 11.8. The highest BCUT2D eigenvalue weighted by atomic mass is 32.2. The molecular weight excluding hydrogens is 263 g/mol. The number of nitrogens with two attached hydrogens (primary N) is 1. The van der Waals surface area contributed by atoms with Crippen molar-refractivity contribution in [3.05, 3.63) is 35.1 Å². The van der Waals surface area contributed by atoms with Gasteiger partial charge in [-0.15, -0.1) is 0 Å². The molecule has 5 heteroatoms. The van der Waals surface area contributed by atoms with Crippen molar-refractivity contribution in [1.82, 2.24) is 5.32 Å². The molecule has 0 heterocycles. The van der Waals surface area contributed by atoms with Gasteiger partial charge in [0, 0.05) is 29.0 Å². The summed E-state index contributed by atoms with van der Waals surface area (Å²) < 4.78 is 13.7. The van der Waals surface area contributed by atoms with E-state index in [1.165, 1.54) is 24.6 Å². The number of amides is 1. The van der Waals surface area contributed by atoms with Crippen LogP contribution in [-0.4, -0.2) is 23.5 Å². The molecule has 0 bridgehead atoms. The summed E-state index contributed by atoms with van der Waals surface area (Å²) in [6.45, 7) is 0.443. The molecule has 2 unspecified atom stereocenters. The van der Waals surface area contributed by atoms with Crippen LogP contribution in [0.5, 0.6) is 0 Å². The van der Waals surface area contributed by atoms with E-state index in [0.717, 1.165) is 12.8 Å². The van der Waals surface area contributed by atoms with E-state index in [-0.39, 0.29) is 5.82 Å². The summed E-state index contributed by atoms with van der Waals surface area (Å²) in [6, 6.07) is 4.69. The van der Waals surface area contributed by atoms with Gasteiger partial charge in [-0.3, -0.25) is 4.79 Å². The van der Waals surface area contributed by atoms with Crippen molar-refractivity contribution in [1.29, 1.82) is 0 Å². The summed E-state index contributed by atoms with van der Waals surface area (Å²) in [5.74, 6) is -0.818. The fourth-order valence-electron chi connectivity index (χ4n) is 2.46. The zero-order valence-electron chi connectivity index (χ0n) is 11.0. The number of primary amides is 1. The third kappa shape index (κ3) is 3.70. The maximum Gasteiger partial charge on any atom is 0.248 e. The molecule has 2 rings (SSSR count). The molecule has 1 aliphatic rings. The van der Waals surface area contributed by atoms with Crippen LogP contribution in [0.1, 0.15) is 35.2 Å². The summed E-state index contributed by atoms with van der Waals surface area (Å²) >= 11 is 1.89. The lowest BCUT2D eigenvalue weighted by atomic mass is 10.1. The normalized spacial score (nSPS) is 22.6. The van der Waals surface area contributed by atoms with Crippen molar-refractivity contribution < 1.29 is 9.18 Å². The first-order valence-electron chi connectivity index (χ1n) is 6.44. The molecule has 2 atom stereocenters. The molecule has 1 amide bonds. The fraction of sp³-hybridized carbons (Fsp3) is 0.500. The summed E-state index contributed by atoms with van der Waals surface area (Å²) in [6.07, 6.45) is 5.59. The Hall–Kier alpha value is -1.07. The topological polar surface area (TPSA) is 55.1 Å². The molecule has 0 aromatic heterocycles. The lowest BCUT2D eigenvalue weighted by molar-refractivity contribution is 0.1000. The maximum absolute atomic E-state index is 13.7. The van der Waals surface area contributed by atoms with Crippen molar-refractivity contribution in [3.8, 4) is 0 Å². The van der Waals surface area contributed by atoms with E-state index >= 15 is 0 Å². The van der Waals surface area contributed by atoms with Crippen LogP contribution in [0.2, 0.25) is 0 Å². The van der Waals surface area contributed by atoms with Crippen molar-refractivity contribution in [2.45, 2.75) is 37.1 Å². The van der Waals surface area contributed by atoms with Crippen LogP contribution >= 0.6 is 11.8 Å². The Kier molecular flexibility index (Phi) is 4.82. The van der Waals surface area contributed by atoms with Crippen molar-refractivity contribution in [2.75, 3.05) is 6.26 Å². The van der Waals surface area contributed by atoms with Crippen LogP contribution in [0.3, 0.4) is 0 Å². The molecule has 0 saturated heterocycles. The Morgan fingerprint density at radius 2 is 2.32 bits per heavy atom. The minimum absolute atomic E-state index is 0.295. The third-order valence-electron chi connectivity index (χ3n) is 3.63. The van der Waals surface area contributed by atoms with Gasteiger partial charge in [-0.2, -0.15) is 11.8 Å². The number of hydrogen-bond donors (Lipinski definition) is 2. The highest BCUT2D eigenvalue weighted by Gasteiger charge is 2.23. The van der Waals surface area contributed by atoms with Gasteiger partial charge in [0.15, 0.2) is 0 Å². The molecule has 104 valence electrons. The number of nitrogens with one attached hydrogen (secondary N) is 1. The van der Waals surface area contributed by atoms with Crippen LogP contribution in [0.4, 0.5) is 4.39 Å². The van der Waals surface area contributed by atoms with Gasteiger partial charge >= 0.3 is 0 Å². The number of benzene rings is 1. The number of carbonyl (C=O) groups is 1. The highest BCUT2D eigenvalue weighted by molar-refractivity contribution is 7.99. The molecule has 1 aromatic carbocycles. The van der Waals surface area contributed by atoms with E-state index in [4.69, 9.17) is 5.73 Å². The Bertz CT molecular complexity index is 467. The average molecular weight is 282 g/mol. The van der Waals surface area contributed by atoms with Gasteiger partial charge < -0.3 is 11.1 Å². The molecule has 0 spiro atoms. The highest BCUT2D eigenvalue weighted by Crippen LogP contribution is 2.28. The number of thioether (sulfide) groups is 1. The monoisotopic (exact) mass is 282 g/mol. The van der Waals surface area contributed by atoms with Crippen LogP contribution in [0.25, 0.3) is 0 Å². The Balaban J connectivity index is 1.96. The number of carbonyl (C=O) groups excluding carboxylic acids is 1. The van der Waals surface area contributed by atoms with Crippen molar-refractivity contribution in [2.24, 2.45) is 5.73 Å². The summed E-state index contributed by atoms with van der Waals surface area (Å²) in [5, 5.41) is 4.07. The van der Waals surface area contributed by atoms with Crippen LogP contribution < -0.4 is 11.1 Å². The Morgan fingerprint density at radius 3 is 2.95 bits per heavy atom. The van der Waals surface area contributed by atoms with E-state index in [0.29, 0.717) is 29.0 Å². The molecule has 19 heavy (non-hydrogen) atoms. The minimum atomic E-state index is -0.524. The molecule has 3 N–H and O–H groups in total. The van der Waals surface area contributed by atoms with E-state index in [1.807, 2.05) is 11.8 Å². The van der Waals surface area contributed by atoms with Gasteiger partial charge in [0.05, 0.1) is 0 Å². The molecule has 1 aliphatic carbocycles. The quantitative estimate of drug-likeness (QED) is 0.871. The number of halogens is 1. The predicted octanol–water partition coefficient (Wildman–Crippen LogP) is 2.30. The zero-order chi connectivity index (χ0) is 13.8. The van der Waals surface area contributed by atoms with E-state index in [9.17, 15) is 9.18 Å². The van der Waals surface area contributed by atoms with Crippen molar-refractivity contribution in [3.63, 3.8) is 0 Å². The van der Waals surface area contributed by atoms with Gasteiger partial charge in [-0.05, 0) is 43.7 Å². The SMILES string of the molecule is CSC1CCC(NCc2cc(C(N)=O)ccc2F)C1. The largest absolute Gasteiger partial charge is 0.366 e. The second-order valence-corrected chi connectivity index (χ2v) is 6.06. The van der Waals surface area contributed by atoms with Gasteiger partial charge in [-0.25, -0.2) is 4.39 Å².